The molecule has 2 aromatic carbocycles. The highest BCUT2D eigenvalue weighted by Gasteiger charge is 2.46. The summed E-state index contributed by atoms with van der Waals surface area (Å²) in [6.45, 7) is 6.50. The molecule has 6 heteroatoms. The second-order valence-corrected chi connectivity index (χ2v) is 9.36. The van der Waals surface area contributed by atoms with Crippen molar-refractivity contribution in [3.8, 4) is 0 Å². The minimum Gasteiger partial charge on any atom is -0.269 e. The number of anilines is 2. The van der Waals surface area contributed by atoms with Crippen molar-refractivity contribution in [3.05, 3.63) is 83.5 Å². The third kappa shape index (κ3) is 2.79. The van der Waals surface area contributed by atoms with E-state index in [9.17, 15) is 19.2 Å². The molecule has 0 spiro atoms. The highest BCUT2D eigenvalue weighted by Crippen LogP contribution is 2.53. The fourth-order valence-corrected chi connectivity index (χ4v) is 5.33. The summed E-state index contributed by atoms with van der Waals surface area (Å²) in [5, 5.41) is 0. The van der Waals surface area contributed by atoms with Crippen LogP contribution in [0, 0.1) is 0 Å². The minimum atomic E-state index is -0.339. The summed E-state index contributed by atoms with van der Waals surface area (Å²) in [6, 6.07) is 13.3. The van der Waals surface area contributed by atoms with Gasteiger partial charge in [-0.05, 0) is 52.8 Å². The van der Waals surface area contributed by atoms with E-state index < -0.39 is 0 Å². The van der Waals surface area contributed by atoms with Crippen LogP contribution in [0.2, 0.25) is 0 Å². The standard InChI is InChI=1S/C26H22N2O4/c1-25(2)15-26(3,16-4-6-17(7-5-16)27-21(29)10-11-22(27)30)19-9-8-18(14-20(19)25)28-23(31)12-13-24(28)32/h4-14H,15H2,1-3H3. The molecule has 5 rings (SSSR count). The molecule has 2 aliphatic heterocycles. The van der Waals surface area contributed by atoms with Gasteiger partial charge >= 0.3 is 0 Å². The van der Waals surface area contributed by atoms with E-state index in [1.807, 2.05) is 30.3 Å². The maximum Gasteiger partial charge on any atom is 0.258 e. The number of carbonyl (C=O) groups is 4. The SMILES string of the molecule is CC1(C)CC(C)(c2ccc(N3C(=O)C=CC3=O)cc2)c2ccc(N3C(=O)C=CC3=O)cc21. The van der Waals surface area contributed by atoms with E-state index in [0.29, 0.717) is 11.4 Å². The number of amides is 4. The third-order valence-electron chi connectivity index (χ3n) is 6.76. The van der Waals surface area contributed by atoms with Gasteiger partial charge in [0.05, 0.1) is 11.4 Å². The lowest BCUT2D eigenvalue weighted by Gasteiger charge is -2.29. The van der Waals surface area contributed by atoms with Gasteiger partial charge in [-0.15, -0.1) is 0 Å². The highest BCUT2D eigenvalue weighted by atomic mass is 16.2. The van der Waals surface area contributed by atoms with Crippen LogP contribution >= 0.6 is 0 Å². The molecule has 0 bridgehead atoms. The van der Waals surface area contributed by atoms with Crippen molar-refractivity contribution in [2.75, 3.05) is 9.80 Å². The molecule has 0 aromatic heterocycles. The molecule has 3 aliphatic rings. The molecule has 2 aromatic rings. The van der Waals surface area contributed by atoms with Crippen LogP contribution in [0.3, 0.4) is 0 Å². The Morgan fingerprint density at radius 2 is 1.09 bits per heavy atom. The Bertz CT molecular complexity index is 1230. The Kier molecular flexibility index (Phi) is 4.15. The van der Waals surface area contributed by atoms with Crippen molar-refractivity contribution in [2.45, 2.75) is 38.0 Å². The van der Waals surface area contributed by atoms with Gasteiger partial charge in [-0.1, -0.05) is 39.0 Å². The first-order chi connectivity index (χ1) is 15.1. The van der Waals surface area contributed by atoms with Crippen molar-refractivity contribution in [1.29, 1.82) is 0 Å². The maximum atomic E-state index is 12.1. The molecule has 160 valence electrons. The Morgan fingerprint density at radius 3 is 1.62 bits per heavy atom. The summed E-state index contributed by atoms with van der Waals surface area (Å²) in [7, 11) is 0. The van der Waals surface area contributed by atoms with Crippen LogP contribution in [-0.2, 0) is 30.0 Å². The molecule has 1 aliphatic carbocycles. The molecule has 6 nitrogen and oxygen atoms in total. The molecule has 0 N–H and O–H groups in total. The first-order valence-electron chi connectivity index (χ1n) is 10.5. The molecule has 1 atom stereocenters. The lowest BCUT2D eigenvalue weighted by atomic mass is 9.75. The van der Waals surface area contributed by atoms with E-state index >= 15 is 0 Å². The van der Waals surface area contributed by atoms with E-state index in [2.05, 4.69) is 20.8 Å². The molecule has 0 radical (unpaired) electrons. The molecule has 2 heterocycles. The Morgan fingerprint density at radius 1 is 0.625 bits per heavy atom. The van der Waals surface area contributed by atoms with E-state index in [0.717, 1.165) is 28.0 Å². The largest absolute Gasteiger partial charge is 0.269 e. The Hall–Kier alpha value is -3.80. The molecular formula is C26H22N2O4. The maximum absolute atomic E-state index is 12.1. The van der Waals surface area contributed by atoms with Gasteiger partial charge in [-0.25, -0.2) is 9.80 Å². The van der Waals surface area contributed by atoms with Crippen LogP contribution in [0.25, 0.3) is 0 Å². The normalized spacial score (nSPS) is 23.6. The average molecular weight is 426 g/mol. The molecule has 0 fully saturated rings. The van der Waals surface area contributed by atoms with Crippen molar-refractivity contribution < 1.29 is 19.2 Å². The van der Waals surface area contributed by atoms with Crippen molar-refractivity contribution >= 4 is 35.0 Å². The molecule has 32 heavy (non-hydrogen) atoms. The van der Waals surface area contributed by atoms with Gasteiger partial charge in [0.2, 0.25) is 0 Å². The third-order valence-corrected chi connectivity index (χ3v) is 6.76. The molecule has 4 amide bonds. The second kappa shape index (κ2) is 6.60. The number of rotatable bonds is 3. The van der Waals surface area contributed by atoms with E-state index in [1.165, 1.54) is 29.2 Å². The van der Waals surface area contributed by atoms with Crippen molar-refractivity contribution in [2.24, 2.45) is 0 Å². The zero-order chi connectivity index (χ0) is 22.8. The second-order valence-electron chi connectivity index (χ2n) is 9.36. The highest BCUT2D eigenvalue weighted by molar-refractivity contribution is 6.28. The Labute approximate surface area is 185 Å². The summed E-state index contributed by atoms with van der Waals surface area (Å²) >= 11 is 0. The van der Waals surface area contributed by atoms with Crippen LogP contribution in [0.1, 0.15) is 43.9 Å². The Balaban J connectivity index is 1.53. The predicted molar refractivity (Wildman–Crippen MR) is 120 cm³/mol. The van der Waals surface area contributed by atoms with Gasteiger partial charge in [0.1, 0.15) is 0 Å². The molecule has 0 saturated heterocycles. The fourth-order valence-electron chi connectivity index (χ4n) is 5.33. The summed E-state index contributed by atoms with van der Waals surface area (Å²) in [5.41, 5.74) is 3.96. The van der Waals surface area contributed by atoms with E-state index in [4.69, 9.17) is 0 Å². The van der Waals surface area contributed by atoms with Crippen LogP contribution in [0.15, 0.2) is 66.8 Å². The van der Waals surface area contributed by atoms with Crippen LogP contribution in [0.4, 0.5) is 11.4 Å². The average Bonchev–Trinajstić information content (AvgIpc) is 3.34. The van der Waals surface area contributed by atoms with Gasteiger partial charge in [-0.2, -0.15) is 0 Å². The number of hydrogen-bond donors (Lipinski definition) is 0. The zero-order valence-corrected chi connectivity index (χ0v) is 18.1. The van der Waals surface area contributed by atoms with Gasteiger partial charge in [-0.3, -0.25) is 19.2 Å². The van der Waals surface area contributed by atoms with E-state index in [-0.39, 0.29) is 34.5 Å². The smallest absolute Gasteiger partial charge is 0.258 e. The minimum absolute atomic E-state index is 0.178. The first-order valence-corrected chi connectivity index (χ1v) is 10.5. The lowest BCUT2D eigenvalue weighted by Crippen LogP contribution is -2.30. The predicted octanol–water partition coefficient (Wildman–Crippen LogP) is 3.53. The molecule has 0 saturated carbocycles. The van der Waals surface area contributed by atoms with Crippen molar-refractivity contribution in [3.63, 3.8) is 0 Å². The summed E-state index contributed by atoms with van der Waals surface area (Å²) in [5.74, 6) is -1.34. The van der Waals surface area contributed by atoms with Crippen LogP contribution in [0.5, 0.6) is 0 Å². The quantitative estimate of drug-likeness (QED) is 0.704. The first kappa shape index (κ1) is 20.1. The van der Waals surface area contributed by atoms with Gasteiger partial charge < -0.3 is 0 Å². The number of carbonyl (C=O) groups excluding carboxylic acids is 4. The van der Waals surface area contributed by atoms with Crippen LogP contribution < -0.4 is 9.80 Å². The van der Waals surface area contributed by atoms with Gasteiger partial charge in [0, 0.05) is 29.7 Å². The number of hydrogen-bond acceptors (Lipinski definition) is 4. The monoisotopic (exact) mass is 426 g/mol. The molecular weight excluding hydrogens is 404 g/mol. The molecule has 1 unspecified atom stereocenters. The number of fused-ring (bicyclic) bond motifs is 1. The number of nitrogens with zero attached hydrogens (tertiary/aromatic N) is 2. The van der Waals surface area contributed by atoms with Crippen LogP contribution in [-0.4, -0.2) is 23.6 Å². The summed E-state index contributed by atoms with van der Waals surface area (Å²) in [6.07, 6.45) is 5.96. The zero-order valence-electron chi connectivity index (χ0n) is 18.1. The summed E-state index contributed by atoms with van der Waals surface area (Å²) < 4.78 is 0. The van der Waals surface area contributed by atoms with Gasteiger partial charge in [0.15, 0.2) is 0 Å². The van der Waals surface area contributed by atoms with Gasteiger partial charge in [0.25, 0.3) is 23.6 Å². The van der Waals surface area contributed by atoms with Crippen molar-refractivity contribution in [1.82, 2.24) is 0 Å². The van der Waals surface area contributed by atoms with E-state index in [1.54, 1.807) is 12.1 Å². The topological polar surface area (TPSA) is 74.8 Å². The number of imide groups is 2. The lowest BCUT2D eigenvalue weighted by molar-refractivity contribution is -0.121. The summed E-state index contributed by atoms with van der Waals surface area (Å²) in [4.78, 5) is 50.6. The fraction of sp³-hybridized carbons (Fsp3) is 0.231. The number of benzene rings is 2.